The average molecular weight is 373 g/mol. The van der Waals surface area contributed by atoms with Crippen LogP contribution in [0.2, 0.25) is 0 Å². The molecule has 0 radical (unpaired) electrons. The first-order valence-electron chi connectivity index (χ1n) is 8.88. The number of piperidine rings is 1. The van der Waals surface area contributed by atoms with Crippen molar-refractivity contribution in [3.05, 3.63) is 52.2 Å². The van der Waals surface area contributed by atoms with Gasteiger partial charge in [-0.1, -0.05) is 12.1 Å². The van der Waals surface area contributed by atoms with Gasteiger partial charge in [0.2, 0.25) is 0 Å². The minimum Gasteiger partial charge on any atom is -0.488 e. The van der Waals surface area contributed by atoms with E-state index in [0.29, 0.717) is 50.5 Å². The fraction of sp³-hybridized carbons (Fsp3) is 0.400. The molecule has 0 bridgehead atoms. The molecule has 0 saturated carbocycles. The third-order valence-corrected chi connectivity index (χ3v) is 5.29. The lowest BCUT2D eigenvalue weighted by molar-refractivity contribution is -0.149. The van der Waals surface area contributed by atoms with Crippen LogP contribution in [0.15, 0.2) is 41.8 Å². The molecule has 5 nitrogen and oxygen atoms in total. The van der Waals surface area contributed by atoms with Crippen molar-refractivity contribution in [1.82, 2.24) is 4.90 Å². The molecule has 0 N–H and O–H groups in total. The molecular weight excluding hydrogens is 350 g/mol. The van der Waals surface area contributed by atoms with Crippen molar-refractivity contribution in [3.8, 4) is 5.75 Å². The number of benzene rings is 1. The number of rotatable bonds is 6. The van der Waals surface area contributed by atoms with Crippen molar-refractivity contribution in [1.29, 1.82) is 0 Å². The molecular formula is C20H23NO4S. The van der Waals surface area contributed by atoms with E-state index in [9.17, 15) is 9.59 Å². The number of hydrogen-bond acceptors (Lipinski definition) is 5. The number of carbonyl (C=O) groups is 2. The summed E-state index contributed by atoms with van der Waals surface area (Å²) in [5.74, 6) is 0.419. The van der Waals surface area contributed by atoms with Crippen LogP contribution in [0.4, 0.5) is 0 Å². The smallest absolute Gasteiger partial charge is 0.309 e. The predicted octanol–water partition coefficient (Wildman–Crippen LogP) is 3.74. The van der Waals surface area contributed by atoms with Gasteiger partial charge >= 0.3 is 5.97 Å². The van der Waals surface area contributed by atoms with Gasteiger partial charge in [-0.15, -0.1) is 11.3 Å². The SMILES string of the molecule is CCOC(=O)C1CCN(C(=O)c2cccc(OCc3cccs3)c2)CC1. The molecule has 1 aromatic carbocycles. The third-order valence-electron chi connectivity index (χ3n) is 4.44. The van der Waals surface area contributed by atoms with Gasteiger partial charge in [0.05, 0.1) is 12.5 Å². The summed E-state index contributed by atoms with van der Waals surface area (Å²) in [5, 5.41) is 2.01. The molecule has 1 amide bonds. The standard InChI is InChI=1S/C20H23NO4S/c1-2-24-20(23)15-8-10-21(11-9-15)19(22)16-5-3-6-17(13-16)25-14-18-7-4-12-26-18/h3-7,12-13,15H,2,8-11,14H2,1H3. The molecule has 0 aliphatic carbocycles. The molecule has 0 unspecified atom stereocenters. The van der Waals surface area contributed by atoms with Gasteiger partial charge in [0, 0.05) is 23.5 Å². The summed E-state index contributed by atoms with van der Waals surface area (Å²) >= 11 is 1.64. The topological polar surface area (TPSA) is 55.8 Å². The molecule has 138 valence electrons. The van der Waals surface area contributed by atoms with Crippen molar-refractivity contribution in [2.45, 2.75) is 26.4 Å². The average Bonchev–Trinajstić information content (AvgIpc) is 3.20. The fourth-order valence-corrected chi connectivity index (χ4v) is 3.65. The lowest BCUT2D eigenvalue weighted by Gasteiger charge is -2.31. The summed E-state index contributed by atoms with van der Waals surface area (Å²) < 4.78 is 10.9. The molecule has 2 aromatic rings. The van der Waals surface area contributed by atoms with Gasteiger partial charge in [-0.05, 0) is 49.4 Å². The molecule has 1 fully saturated rings. The van der Waals surface area contributed by atoms with Crippen molar-refractivity contribution < 1.29 is 19.1 Å². The predicted molar refractivity (Wildman–Crippen MR) is 100 cm³/mol. The highest BCUT2D eigenvalue weighted by atomic mass is 32.1. The second-order valence-electron chi connectivity index (χ2n) is 6.21. The van der Waals surface area contributed by atoms with Crippen LogP contribution in [-0.2, 0) is 16.1 Å². The van der Waals surface area contributed by atoms with Crippen LogP contribution in [0.3, 0.4) is 0 Å². The summed E-state index contributed by atoms with van der Waals surface area (Å²) in [5.41, 5.74) is 0.614. The zero-order chi connectivity index (χ0) is 18.4. The van der Waals surface area contributed by atoms with E-state index < -0.39 is 0 Å². The fourth-order valence-electron chi connectivity index (χ4n) is 3.03. The lowest BCUT2D eigenvalue weighted by Crippen LogP contribution is -2.40. The number of thiophene rings is 1. The Labute approximate surface area is 157 Å². The van der Waals surface area contributed by atoms with E-state index in [-0.39, 0.29) is 17.8 Å². The van der Waals surface area contributed by atoms with E-state index in [1.807, 2.05) is 36.6 Å². The number of amides is 1. The molecule has 6 heteroatoms. The summed E-state index contributed by atoms with van der Waals surface area (Å²) in [6.07, 6.45) is 1.30. The lowest BCUT2D eigenvalue weighted by atomic mass is 9.96. The van der Waals surface area contributed by atoms with Crippen molar-refractivity contribution in [2.24, 2.45) is 5.92 Å². The largest absolute Gasteiger partial charge is 0.488 e. The molecule has 0 atom stereocenters. The first-order chi connectivity index (χ1) is 12.7. The van der Waals surface area contributed by atoms with Crippen LogP contribution in [-0.4, -0.2) is 36.5 Å². The molecule has 2 heterocycles. The maximum atomic E-state index is 12.7. The maximum Gasteiger partial charge on any atom is 0.309 e. The zero-order valence-electron chi connectivity index (χ0n) is 14.8. The van der Waals surface area contributed by atoms with Crippen molar-refractivity contribution >= 4 is 23.2 Å². The maximum absolute atomic E-state index is 12.7. The number of likely N-dealkylation sites (tertiary alicyclic amines) is 1. The Bertz CT molecular complexity index is 736. The molecule has 26 heavy (non-hydrogen) atoms. The van der Waals surface area contributed by atoms with Crippen LogP contribution >= 0.6 is 11.3 Å². The quantitative estimate of drug-likeness (QED) is 0.724. The molecule has 1 saturated heterocycles. The molecule has 1 aliphatic rings. The van der Waals surface area contributed by atoms with E-state index in [2.05, 4.69) is 0 Å². The third kappa shape index (κ3) is 4.64. The number of carbonyl (C=O) groups excluding carboxylic acids is 2. The second kappa shape index (κ2) is 8.85. The minimum atomic E-state index is -0.149. The molecule has 1 aromatic heterocycles. The van der Waals surface area contributed by atoms with Gasteiger partial charge in [0.15, 0.2) is 0 Å². The number of nitrogens with zero attached hydrogens (tertiary/aromatic N) is 1. The van der Waals surface area contributed by atoms with Gasteiger partial charge in [-0.25, -0.2) is 0 Å². The number of esters is 1. The Morgan fingerprint density at radius 2 is 2.00 bits per heavy atom. The van der Waals surface area contributed by atoms with Gasteiger partial charge in [-0.3, -0.25) is 9.59 Å². The highest BCUT2D eigenvalue weighted by molar-refractivity contribution is 7.09. The van der Waals surface area contributed by atoms with E-state index >= 15 is 0 Å². The Hall–Kier alpha value is -2.34. The van der Waals surface area contributed by atoms with Gasteiger partial charge < -0.3 is 14.4 Å². The monoisotopic (exact) mass is 373 g/mol. The van der Waals surface area contributed by atoms with E-state index in [1.54, 1.807) is 28.4 Å². The zero-order valence-corrected chi connectivity index (χ0v) is 15.7. The van der Waals surface area contributed by atoms with Crippen LogP contribution in [0.5, 0.6) is 5.75 Å². The minimum absolute atomic E-state index is 0.0196. The summed E-state index contributed by atoms with van der Waals surface area (Å²) in [6, 6.07) is 11.3. The molecule has 1 aliphatic heterocycles. The van der Waals surface area contributed by atoms with Crippen LogP contribution in [0, 0.1) is 5.92 Å². The number of hydrogen-bond donors (Lipinski definition) is 0. The number of ether oxygens (including phenoxy) is 2. The van der Waals surface area contributed by atoms with Gasteiger partial charge in [-0.2, -0.15) is 0 Å². The van der Waals surface area contributed by atoms with Crippen molar-refractivity contribution in [3.63, 3.8) is 0 Å². The van der Waals surface area contributed by atoms with Gasteiger partial charge in [0.25, 0.3) is 5.91 Å². The Morgan fingerprint density at radius 3 is 2.69 bits per heavy atom. The molecule has 3 rings (SSSR count). The first-order valence-corrected chi connectivity index (χ1v) is 9.76. The summed E-state index contributed by atoms with van der Waals surface area (Å²) in [7, 11) is 0. The summed E-state index contributed by atoms with van der Waals surface area (Å²) in [4.78, 5) is 27.5. The highest BCUT2D eigenvalue weighted by Crippen LogP contribution is 2.22. The van der Waals surface area contributed by atoms with E-state index in [4.69, 9.17) is 9.47 Å². The first kappa shape index (κ1) is 18.5. The van der Waals surface area contributed by atoms with Crippen LogP contribution in [0.25, 0.3) is 0 Å². The Balaban J connectivity index is 1.56. The highest BCUT2D eigenvalue weighted by Gasteiger charge is 2.28. The Kier molecular flexibility index (Phi) is 6.28. The van der Waals surface area contributed by atoms with Crippen LogP contribution in [0.1, 0.15) is 35.0 Å². The Morgan fingerprint density at radius 1 is 1.19 bits per heavy atom. The normalized spacial score (nSPS) is 14.9. The van der Waals surface area contributed by atoms with Crippen LogP contribution < -0.4 is 4.74 Å². The molecule has 0 spiro atoms. The summed E-state index contributed by atoms with van der Waals surface area (Å²) in [6.45, 7) is 3.85. The second-order valence-corrected chi connectivity index (χ2v) is 7.25. The van der Waals surface area contributed by atoms with Crippen molar-refractivity contribution in [2.75, 3.05) is 19.7 Å². The van der Waals surface area contributed by atoms with E-state index in [1.165, 1.54) is 0 Å². The van der Waals surface area contributed by atoms with Gasteiger partial charge in [0.1, 0.15) is 12.4 Å². The van der Waals surface area contributed by atoms with E-state index in [0.717, 1.165) is 4.88 Å².